The number of nitrogens with zero attached hydrogens (tertiary/aromatic N) is 5. The molecule has 2 heterocycles. The average Bonchev–Trinajstić information content (AvgIpc) is 3.54. The van der Waals surface area contributed by atoms with Gasteiger partial charge in [0.2, 0.25) is 11.8 Å². The summed E-state index contributed by atoms with van der Waals surface area (Å²) in [5, 5.41) is 20.2. The van der Waals surface area contributed by atoms with E-state index in [0.717, 1.165) is 16.2 Å². The maximum absolute atomic E-state index is 14.5. The van der Waals surface area contributed by atoms with Crippen molar-refractivity contribution in [1.29, 1.82) is 0 Å². The first-order chi connectivity index (χ1) is 26.9. The van der Waals surface area contributed by atoms with Gasteiger partial charge in [0.25, 0.3) is 11.8 Å². The molecule has 56 heavy (non-hydrogen) atoms. The van der Waals surface area contributed by atoms with Crippen molar-refractivity contribution < 1.29 is 29.0 Å². The molecule has 1 N–H and O–H groups in total. The van der Waals surface area contributed by atoms with Crippen LogP contribution in [0, 0.1) is 17.8 Å². The number of ether oxygens (including phenoxy) is 1. The van der Waals surface area contributed by atoms with Gasteiger partial charge in [0.1, 0.15) is 18.1 Å². The summed E-state index contributed by atoms with van der Waals surface area (Å²) in [6.45, 7) is 0.252. The van der Waals surface area contributed by atoms with Crippen LogP contribution < -0.4 is 14.5 Å². The maximum Gasteiger partial charge on any atom is 0.254 e. The molecule has 6 unspecified atom stereocenters. The highest BCUT2D eigenvalue weighted by Gasteiger charge is 2.76. The number of carbonyl (C=O) groups is 4. The summed E-state index contributed by atoms with van der Waals surface area (Å²) in [6.07, 6.45) is 1.84. The minimum atomic E-state index is -2.05. The number of hydrogen-bond donors (Lipinski definition) is 1. The van der Waals surface area contributed by atoms with E-state index < -0.39 is 51.1 Å². The molecule has 0 aromatic heterocycles. The molecule has 14 heteroatoms. The number of amides is 4. The predicted molar refractivity (Wildman–Crippen MR) is 216 cm³/mol. The molecule has 4 amide bonds. The van der Waals surface area contributed by atoms with Gasteiger partial charge in [-0.1, -0.05) is 64.0 Å². The van der Waals surface area contributed by atoms with Gasteiger partial charge in [0, 0.05) is 37.3 Å². The number of aromatic hydroxyl groups is 1. The zero-order valence-electron chi connectivity index (χ0n) is 30.3. The van der Waals surface area contributed by atoms with Gasteiger partial charge in [-0.2, -0.15) is 10.2 Å². The molecule has 286 valence electrons. The fraction of sp³-hybridized carbons (Fsp3) is 0.286. The highest BCUT2D eigenvalue weighted by atomic mass is 79.9. The van der Waals surface area contributed by atoms with E-state index in [1.165, 1.54) is 11.0 Å². The van der Waals surface area contributed by atoms with Crippen molar-refractivity contribution in [3.05, 3.63) is 120 Å². The summed E-state index contributed by atoms with van der Waals surface area (Å²) in [7, 11) is 3.91. The van der Waals surface area contributed by atoms with Crippen molar-refractivity contribution in [2.45, 2.75) is 35.1 Å². The SMILES string of the molecule is CN(C)c1ccc(N=Nc2ccc(N3C(=O)C4CC=C5C(CC6(Cl)C(=O)N(CBr)C(=O)C6(Cl)C5c5ccc(OCc6ccccc6)cc5O)C4C3=O)cc2)cc1. The van der Waals surface area contributed by atoms with Gasteiger partial charge in [-0.05, 0) is 78.9 Å². The number of anilines is 2. The van der Waals surface area contributed by atoms with E-state index in [-0.39, 0.29) is 42.1 Å². The monoisotopic (exact) mass is 855 g/mol. The minimum Gasteiger partial charge on any atom is -0.508 e. The number of rotatable bonds is 9. The highest BCUT2D eigenvalue weighted by Crippen LogP contribution is 2.66. The Balaban J connectivity index is 1.11. The summed E-state index contributed by atoms with van der Waals surface area (Å²) in [4.78, 5) is 56.8. The average molecular weight is 858 g/mol. The first-order valence-electron chi connectivity index (χ1n) is 18.0. The standard InChI is InChI=1S/C42H36BrCl2N5O6/c1-48(2)27-12-8-25(9-13-27)46-47-26-10-14-28(15-11-26)50-37(52)32-19-18-30-33(35(32)38(50)53)21-41(44)39(54)49(23-43)40(55)42(41,45)36(30)31-17-16-29(20-34(31)51)56-22-24-6-4-3-5-7-24/h3-18,20,32-33,35-36,51H,19,21-23H2,1-2H3. The van der Waals surface area contributed by atoms with E-state index in [0.29, 0.717) is 28.4 Å². The van der Waals surface area contributed by atoms with Crippen LogP contribution in [0.3, 0.4) is 0 Å². The largest absolute Gasteiger partial charge is 0.508 e. The third-order valence-corrected chi connectivity index (χ3v) is 13.2. The van der Waals surface area contributed by atoms with Crippen molar-refractivity contribution in [2.24, 2.45) is 28.0 Å². The first kappa shape index (κ1) is 37.9. The fourth-order valence-corrected chi connectivity index (χ4v) is 9.97. The van der Waals surface area contributed by atoms with Crippen LogP contribution in [-0.4, -0.2) is 62.9 Å². The summed E-state index contributed by atoms with van der Waals surface area (Å²) in [5.74, 6) is -5.63. The number of alkyl halides is 3. The van der Waals surface area contributed by atoms with Gasteiger partial charge < -0.3 is 14.7 Å². The number of halogens is 3. The van der Waals surface area contributed by atoms with Gasteiger partial charge in [0.15, 0.2) is 9.75 Å². The van der Waals surface area contributed by atoms with Gasteiger partial charge in [-0.15, -0.1) is 23.2 Å². The number of imide groups is 2. The van der Waals surface area contributed by atoms with E-state index in [9.17, 15) is 24.3 Å². The molecular formula is C42H36BrCl2N5O6. The topological polar surface area (TPSA) is 132 Å². The van der Waals surface area contributed by atoms with Gasteiger partial charge in [-0.3, -0.25) is 29.0 Å². The zero-order chi connectivity index (χ0) is 39.5. The highest BCUT2D eigenvalue weighted by molar-refractivity contribution is 9.09. The number of phenols is 1. The summed E-state index contributed by atoms with van der Waals surface area (Å²) in [5.41, 5.74) is 4.19. The lowest BCUT2D eigenvalue weighted by Crippen LogP contribution is -2.60. The van der Waals surface area contributed by atoms with Crippen molar-refractivity contribution >= 4 is 85.5 Å². The molecule has 6 atom stereocenters. The lowest BCUT2D eigenvalue weighted by atomic mass is 9.56. The smallest absolute Gasteiger partial charge is 0.254 e. The fourth-order valence-electron chi connectivity index (χ4n) is 8.55. The lowest BCUT2D eigenvalue weighted by Gasteiger charge is -2.50. The Hall–Kier alpha value is -5.04. The molecule has 8 rings (SSSR count). The van der Waals surface area contributed by atoms with E-state index >= 15 is 0 Å². The Kier molecular flexibility index (Phi) is 9.79. The second-order valence-corrected chi connectivity index (χ2v) is 16.4. The lowest BCUT2D eigenvalue weighted by molar-refractivity contribution is -0.138. The Morgan fingerprint density at radius 3 is 2.14 bits per heavy atom. The number of likely N-dealkylation sites (tertiary alicyclic amines) is 1. The summed E-state index contributed by atoms with van der Waals surface area (Å²) in [6, 6.07) is 28.5. The number of hydrogen-bond acceptors (Lipinski definition) is 9. The number of benzene rings is 4. The molecule has 3 fully saturated rings. The van der Waals surface area contributed by atoms with Gasteiger partial charge in [-0.25, -0.2) is 0 Å². The molecule has 2 aliphatic carbocycles. The van der Waals surface area contributed by atoms with E-state index in [1.807, 2.05) is 79.7 Å². The van der Waals surface area contributed by atoms with Crippen molar-refractivity contribution in [1.82, 2.24) is 4.90 Å². The second-order valence-electron chi connectivity index (χ2n) is 14.6. The number of carbonyl (C=O) groups excluding carboxylic acids is 4. The summed E-state index contributed by atoms with van der Waals surface area (Å²) < 4.78 is 5.95. The van der Waals surface area contributed by atoms with Crippen LogP contribution in [0.25, 0.3) is 0 Å². The molecule has 4 aromatic carbocycles. The number of azo groups is 1. The number of allylic oxidation sites excluding steroid dienone is 2. The van der Waals surface area contributed by atoms with Crippen LogP contribution in [0.15, 0.2) is 119 Å². The quantitative estimate of drug-likeness (QED) is 0.0589. The molecule has 11 nitrogen and oxygen atoms in total. The Morgan fingerprint density at radius 2 is 1.52 bits per heavy atom. The molecule has 4 aromatic rings. The Labute approximate surface area is 341 Å². The molecular weight excluding hydrogens is 821 g/mol. The Bertz CT molecular complexity index is 2310. The van der Waals surface area contributed by atoms with E-state index in [2.05, 4.69) is 26.2 Å². The predicted octanol–water partition coefficient (Wildman–Crippen LogP) is 8.37. The molecule has 0 bridgehead atoms. The molecule has 2 aliphatic heterocycles. The summed E-state index contributed by atoms with van der Waals surface area (Å²) >= 11 is 18.0. The second kappa shape index (κ2) is 14.5. The van der Waals surface area contributed by atoms with Crippen LogP contribution in [0.4, 0.5) is 22.7 Å². The van der Waals surface area contributed by atoms with Gasteiger partial charge >= 0.3 is 0 Å². The molecule has 4 aliphatic rings. The minimum absolute atomic E-state index is 0.155. The third kappa shape index (κ3) is 6.00. The first-order valence-corrected chi connectivity index (χ1v) is 19.9. The molecule has 0 radical (unpaired) electrons. The zero-order valence-corrected chi connectivity index (χ0v) is 33.4. The normalized spacial score (nSPS) is 27.0. The van der Waals surface area contributed by atoms with Crippen molar-refractivity contribution in [3.63, 3.8) is 0 Å². The van der Waals surface area contributed by atoms with Crippen LogP contribution in [0.1, 0.15) is 29.9 Å². The third-order valence-electron chi connectivity index (χ3n) is 11.3. The van der Waals surface area contributed by atoms with Crippen LogP contribution in [-0.2, 0) is 25.8 Å². The number of phenolic OH excluding ortho intramolecular Hbond substituents is 1. The van der Waals surface area contributed by atoms with Gasteiger partial charge in [0.05, 0.1) is 34.4 Å². The van der Waals surface area contributed by atoms with Crippen LogP contribution in [0.2, 0.25) is 0 Å². The van der Waals surface area contributed by atoms with Crippen LogP contribution in [0.5, 0.6) is 11.5 Å². The molecule has 2 saturated heterocycles. The number of fused-ring (bicyclic) bond motifs is 4. The maximum atomic E-state index is 14.5. The van der Waals surface area contributed by atoms with Crippen molar-refractivity contribution in [2.75, 3.05) is 29.3 Å². The van der Waals surface area contributed by atoms with E-state index in [4.69, 9.17) is 27.9 Å². The van der Waals surface area contributed by atoms with E-state index in [1.54, 1.807) is 36.4 Å². The molecule has 1 saturated carbocycles. The molecule has 0 spiro atoms. The van der Waals surface area contributed by atoms with Crippen LogP contribution >= 0.6 is 39.1 Å². The van der Waals surface area contributed by atoms with Crippen molar-refractivity contribution in [3.8, 4) is 11.5 Å². The Morgan fingerprint density at radius 1 is 0.857 bits per heavy atom.